The Hall–Kier alpha value is -1.60. The van der Waals surface area contributed by atoms with E-state index in [0.29, 0.717) is 11.6 Å². The van der Waals surface area contributed by atoms with Crippen molar-refractivity contribution >= 4 is 27.3 Å². The van der Waals surface area contributed by atoms with Crippen molar-refractivity contribution in [1.82, 2.24) is 9.62 Å². The maximum atomic E-state index is 12.6. The van der Waals surface area contributed by atoms with Crippen LogP contribution >= 0.6 is 11.6 Å². The first kappa shape index (κ1) is 19.2. The number of hydrogen-bond donors (Lipinski definition) is 1. The molecule has 2 aromatic rings. The van der Waals surface area contributed by atoms with Crippen LogP contribution in [-0.2, 0) is 16.4 Å². The summed E-state index contributed by atoms with van der Waals surface area (Å²) in [6, 6.07) is 12.5. The van der Waals surface area contributed by atoms with E-state index < -0.39 is 10.0 Å². The predicted octanol–water partition coefficient (Wildman–Crippen LogP) is 2.91. The van der Waals surface area contributed by atoms with Crippen molar-refractivity contribution in [2.75, 3.05) is 39.1 Å². The minimum absolute atomic E-state index is 0.0479. The molecule has 1 aliphatic rings. The standard InChI is InChI=1S/C19H24ClN3O2S/c1-22(2)19(14-4-9-18-15(12-14)10-11-23(18)3)13-21-26(24,25)17-7-5-16(20)6-8-17/h4-9,12,19,21H,10-11,13H2,1-3H3/t19-/m0/s1. The smallest absolute Gasteiger partial charge is 0.240 e. The number of fused-ring (bicyclic) bond motifs is 1. The van der Waals surface area contributed by atoms with Crippen molar-refractivity contribution in [3.8, 4) is 0 Å². The van der Waals surface area contributed by atoms with Crippen LogP contribution in [0.1, 0.15) is 17.2 Å². The summed E-state index contributed by atoms with van der Waals surface area (Å²) < 4.78 is 27.8. The average molecular weight is 394 g/mol. The summed E-state index contributed by atoms with van der Waals surface area (Å²) >= 11 is 5.84. The van der Waals surface area contributed by atoms with Crippen LogP contribution in [0.5, 0.6) is 0 Å². The first-order valence-electron chi connectivity index (χ1n) is 8.53. The third-order valence-electron chi connectivity index (χ3n) is 4.83. The van der Waals surface area contributed by atoms with E-state index in [4.69, 9.17) is 11.6 Å². The van der Waals surface area contributed by atoms with E-state index in [2.05, 4.69) is 34.9 Å². The molecule has 1 heterocycles. The fourth-order valence-electron chi connectivity index (χ4n) is 3.28. The lowest BCUT2D eigenvalue weighted by atomic mass is 10.0. The molecule has 0 radical (unpaired) electrons. The molecule has 140 valence electrons. The lowest BCUT2D eigenvalue weighted by Gasteiger charge is -2.26. The van der Waals surface area contributed by atoms with E-state index in [-0.39, 0.29) is 10.9 Å². The summed E-state index contributed by atoms with van der Waals surface area (Å²) in [4.78, 5) is 4.49. The molecule has 1 aliphatic heterocycles. The number of nitrogens with one attached hydrogen (secondary N) is 1. The predicted molar refractivity (Wildman–Crippen MR) is 106 cm³/mol. The van der Waals surface area contributed by atoms with Crippen LogP contribution in [0.2, 0.25) is 5.02 Å². The second kappa shape index (κ2) is 7.56. The van der Waals surface area contributed by atoms with Gasteiger partial charge in [0.05, 0.1) is 4.90 Å². The fraction of sp³-hybridized carbons (Fsp3) is 0.368. The Labute approximate surface area is 160 Å². The zero-order valence-corrected chi connectivity index (χ0v) is 16.8. The molecule has 0 fully saturated rings. The van der Waals surface area contributed by atoms with Crippen LogP contribution in [0.4, 0.5) is 5.69 Å². The molecule has 0 aromatic heterocycles. The number of anilines is 1. The Morgan fingerprint density at radius 3 is 2.54 bits per heavy atom. The van der Waals surface area contributed by atoms with E-state index in [1.807, 2.05) is 19.0 Å². The number of rotatable bonds is 6. The SMILES string of the molecule is CN1CCc2cc([C@H](CNS(=O)(=O)c3ccc(Cl)cc3)N(C)C)ccc21. The van der Waals surface area contributed by atoms with Crippen LogP contribution in [0.3, 0.4) is 0 Å². The van der Waals surface area contributed by atoms with Crippen LogP contribution in [0.25, 0.3) is 0 Å². The highest BCUT2D eigenvalue weighted by Gasteiger charge is 2.22. The van der Waals surface area contributed by atoms with Crippen LogP contribution in [0.15, 0.2) is 47.4 Å². The van der Waals surface area contributed by atoms with Crippen molar-refractivity contribution in [2.24, 2.45) is 0 Å². The number of sulfonamides is 1. The second-order valence-electron chi connectivity index (χ2n) is 6.84. The lowest BCUT2D eigenvalue weighted by Crippen LogP contribution is -2.34. The first-order chi connectivity index (χ1) is 12.3. The molecule has 3 rings (SSSR count). The Balaban J connectivity index is 1.78. The van der Waals surface area contributed by atoms with Crippen LogP contribution in [-0.4, -0.2) is 47.6 Å². The molecule has 0 unspecified atom stereocenters. The van der Waals surface area contributed by atoms with Crippen LogP contribution < -0.4 is 9.62 Å². The van der Waals surface area contributed by atoms with Gasteiger partial charge in [0, 0.05) is 36.9 Å². The van der Waals surface area contributed by atoms with Crippen molar-refractivity contribution in [1.29, 1.82) is 0 Å². The highest BCUT2D eigenvalue weighted by molar-refractivity contribution is 7.89. The molecule has 0 amide bonds. The van der Waals surface area contributed by atoms with Crippen molar-refractivity contribution in [3.63, 3.8) is 0 Å². The highest BCUT2D eigenvalue weighted by Crippen LogP contribution is 2.30. The van der Waals surface area contributed by atoms with Gasteiger partial charge >= 0.3 is 0 Å². The van der Waals surface area contributed by atoms with Crippen molar-refractivity contribution in [3.05, 3.63) is 58.6 Å². The Morgan fingerprint density at radius 2 is 1.88 bits per heavy atom. The monoisotopic (exact) mass is 393 g/mol. The number of likely N-dealkylation sites (N-methyl/N-ethyl adjacent to an activating group) is 2. The Morgan fingerprint density at radius 1 is 1.19 bits per heavy atom. The van der Waals surface area contributed by atoms with Crippen LogP contribution in [0, 0.1) is 0 Å². The quantitative estimate of drug-likeness (QED) is 0.819. The summed E-state index contributed by atoms with van der Waals surface area (Å²) in [5.41, 5.74) is 3.69. The molecule has 26 heavy (non-hydrogen) atoms. The molecule has 0 saturated heterocycles. The van der Waals surface area contributed by atoms with E-state index in [1.54, 1.807) is 12.1 Å². The van der Waals surface area contributed by atoms with Gasteiger partial charge in [-0.05, 0) is 62.0 Å². The molecule has 0 spiro atoms. The largest absolute Gasteiger partial charge is 0.374 e. The summed E-state index contributed by atoms with van der Waals surface area (Å²) in [6.07, 6.45) is 1.02. The van der Waals surface area contributed by atoms with Gasteiger partial charge in [0.1, 0.15) is 0 Å². The molecule has 1 N–H and O–H groups in total. The minimum atomic E-state index is -3.58. The number of benzene rings is 2. The zero-order valence-electron chi connectivity index (χ0n) is 15.2. The van der Waals surface area contributed by atoms with Gasteiger partial charge in [-0.25, -0.2) is 13.1 Å². The third-order valence-corrected chi connectivity index (χ3v) is 6.52. The molecule has 2 aromatic carbocycles. The molecular formula is C19H24ClN3O2S. The number of hydrogen-bond acceptors (Lipinski definition) is 4. The zero-order chi connectivity index (χ0) is 18.9. The Bertz CT molecular complexity index is 882. The summed E-state index contributed by atoms with van der Waals surface area (Å²) in [5, 5.41) is 0.512. The fourth-order valence-corrected chi connectivity index (χ4v) is 4.44. The molecule has 0 bridgehead atoms. The van der Waals surface area contributed by atoms with Gasteiger partial charge in [0.15, 0.2) is 0 Å². The minimum Gasteiger partial charge on any atom is -0.374 e. The van der Waals surface area contributed by atoms with Gasteiger partial charge in [-0.3, -0.25) is 0 Å². The van der Waals surface area contributed by atoms with E-state index in [9.17, 15) is 8.42 Å². The lowest BCUT2D eigenvalue weighted by molar-refractivity contribution is 0.299. The summed E-state index contributed by atoms with van der Waals surface area (Å²) in [7, 11) is 2.43. The molecular weight excluding hydrogens is 370 g/mol. The maximum Gasteiger partial charge on any atom is 0.240 e. The van der Waals surface area contributed by atoms with E-state index >= 15 is 0 Å². The molecule has 0 aliphatic carbocycles. The normalized spacial score (nSPS) is 15.3. The van der Waals surface area contributed by atoms with Gasteiger partial charge < -0.3 is 9.80 Å². The maximum absolute atomic E-state index is 12.6. The second-order valence-corrected chi connectivity index (χ2v) is 9.05. The molecule has 7 heteroatoms. The van der Waals surface area contributed by atoms with Gasteiger partial charge in [-0.2, -0.15) is 0 Å². The first-order valence-corrected chi connectivity index (χ1v) is 10.4. The van der Waals surface area contributed by atoms with Gasteiger partial charge in [0.2, 0.25) is 10.0 Å². The number of halogens is 1. The van der Waals surface area contributed by atoms with Crippen molar-refractivity contribution < 1.29 is 8.42 Å². The molecule has 1 atom stereocenters. The molecule has 0 saturated carbocycles. The van der Waals surface area contributed by atoms with E-state index in [1.165, 1.54) is 23.4 Å². The molecule has 5 nitrogen and oxygen atoms in total. The van der Waals surface area contributed by atoms with Gasteiger partial charge in [-0.15, -0.1) is 0 Å². The third kappa shape index (κ3) is 4.04. The summed E-state index contributed by atoms with van der Waals surface area (Å²) in [5.74, 6) is 0. The number of nitrogens with zero attached hydrogens (tertiary/aromatic N) is 2. The van der Waals surface area contributed by atoms with E-state index in [0.717, 1.165) is 18.5 Å². The average Bonchev–Trinajstić information content (AvgIpc) is 2.96. The van der Waals surface area contributed by atoms with Gasteiger partial charge in [0.25, 0.3) is 0 Å². The Kier molecular flexibility index (Phi) is 5.58. The summed E-state index contributed by atoms with van der Waals surface area (Å²) in [6.45, 7) is 1.32. The van der Waals surface area contributed by atoms with Gasteiger partial charge in [-0.1, -0.05) is 23.7 Å². The highest BCUT2D eigenvalue weighted by atomic mass is 35.5. The topological polar surface area (TPSA) is 52.7 Å². The van der Waals surface area contributed by atoms with Crippen molar-refractivity contribution in [2.45, 2.75) is 17.4 Å².